The highest BCUT2D eigenvalue weighted by atomic mass is 32.2. The number of nitrogens with one attached hydrogen (secondary N) is 1. The fraction of sp³-hybridized carbons (Fsp3) is 0.481. The molecule has 0 bridgehead atoms. The lowest BCUT2D eigenvalue weighted by Crippen LogP contribution is -2.34. The molecule has 4 aromatic heterocycles. The lowest BCUT2D eigenvalue weighted by molar-refractivity contribution is 0.0466. The lowest BCUT2D eigenvalue weighted by Gasteiger charge is -2.25. The van der Waals surface area contributed by atoms with Gasteiger partial charge >= 0.3 is 0 Å². The van der Waals surface area contributed by atoms with Crippen LogP contribution in [0.3, 0.4) is 0 Å². The minimum absolute atomic E-state index is 0.0491. The van der Waals surface area contributed by atoms with Crippen molar-refractivity contribution in [3.05, 3.63) is 59.5 Å². The van der Waals surface area contributed by atoms with Gasteiger partial charge in [0, 0.05) is 30.6 Å². The maximum absolute atomic E-state index is 13.9. The molecule has 1 N–H and O–H groups in total. The predicted molar refractivity (Wildman–Crippen MR) is 150 cm³/mol. The van der Waals surface area contributed by atoms with E-state index in [9.17, 15) is 8.42 Å². The molecule has 4 heterocycles. The molecule has 5 rings (SSSR count). The van der Waals surface area contributed by atoms with Crippen LogP contribution < -0.4 is 9.46 Å². The Balaban J connectivity index is 1.57. The normalized spacial score (nSPS) is 15.8. The second-order valence-electron chi connectivity index (χ2n) is 10.2. The average molecular weight is 583 g/mol. The van der Waals surface area contributed by atoms with Crippen molar-refractivity contribution < 1.29 is 22.4 Å². The summed E-state index contributed by atoms with van der Waals surface area (Å²) >= 11 is 0. The average Bonchev–Trinajstić information content (AvgIpc) is 3.60. The molecule has 218 valence electrons. The summed E-state index contributed by atoms with van der Waals surface area (Å²) in [6.07, 6.45) is 6.56. The van der Waals surface area contributed by atoms with E-state index in [4.69, 9.17) is 14.0 Å². The molecular formula is C27H34N8O5S. The zero-order valence-corrected chi connectivity index (χ0v) is 24.5. The molecule has 0 unspecified atom stereocenters. The molecule has 0 saturated heterocycles. The Morgan fingerprint density at radius 1 is 1.17 bits per heavy atom. The molecule has 4 aromatic rings. The number of methoxy groups -OCH3 is 1. The van der Waals surface area contributed by atoms with E-state index in [0.29, 0.717) is 41.9 Å². The molecule has 0 aromatic carbocycles. The van der Waals surface area contributed by atoms with Gasteiger partial charge in [-0.3, -0.25) is 9.29 Å². The third-order valence-electron chi connectivity index (χ3n) is 7.02. The fourth-order valence-corrected chi connectivity index (χ4v) is 5.75. The van der Waals surface area contributed by atoms with E-state index in [2.05, 4.69) is 35.0 Å². The van der Waals surface area contributed by atoms with Gasteiger partial charge in [0.2, 0.25) is 21.9 Å². The quantitative estimate of drug-likeness (QED) is 0.242. The third kappa shape index (κ3) is 6.07. The van der Waals surface area contributed by atoms with Gasteiger partial charge in [0.15, 0.2) is 11.6 Å². The summed E-state index contributed by atoms with van der Waals surface area (Å²) in [6, 6.07) is 4.96. The molecule has 0 spiro atoms. The standard InChI is InChI=1S/C27H34N8O5S/c1-6-12-39-24(25-28-13-16(2)14-29-25)18(4)41(36,37)34-27-32-31-26(21-8-7-9-22(30-21)38-5)35(27)23(19-10-11-19)20-15-40-33-17(20)3/h7-9,13-15,18-19,23-24H,6,10-12H2,1-5H3,(H,32,34)/t18-,23+,24+/m0/s1. The van der Waals surface area contributed by atoms with Gasteiger partial charge in [-0.25, -0.2) is 23.4 Å². The molecule has 41 heavy (non-hydrogen) atoms. The van der Waals surface area contributed by atoms with Gasteiger partial charge < -0.3 is 14.0 Å². The molecule has 1 aliphatic carbocycles. The van der Waals surface area contributed by atoms with Crippen molar-refractivity contribution >= 4 is 16.0 Å². The second-order valence-corrected chi connectivity index (χ2v) is 12.2. The maximum Gasteiger partial charge on any atom is 0.240 e. The van der Waals surface area contributed by atoms with Crippen LogP contribution in [0.4, 0.5) is 5.95 Å². The van der Waals surface area contributed by atoms with E-state index in [1.807, 2.05) is 20.8 Å². The van der Waals surface area contributed by atoms with Crippen LogP contribution in [-0.2, 0) is 14.8 Å². The van der Waals surface area contributed by atoms with Crippen LogP contribution in [0.1, 0.15) is 67.9 Å². The highest BCUT2D eigenvalue weighted by Crippen LogP contribution is 2.47. The highest BCUT2D eigenvalue weighted by molar-refractivity contribution is 7.93. The van der Waals surface area contributed by atoms with Crippen molar-refractivity contribution in [1.29, 1.82) is 0 Å². The summed E-state index contributed by atoms with van der Waals surface area (Å²) < 4.78 is 48.9. The minimum Gasteiger partial charge on any atom is -0.481 e. The van der Waals surface area contributed by atoms with Gasteiger partial charge in [-0.2, -0.15) is 0 Å². The van der Waals surface area contributed by atoms with E-state index < -0.39 is 21.4 Å². The largest absolute Gasteiger partial charge is 0.481 e. The van der Waals surface area contributed by atoms with Crippen molar-refractivity contribution in [1.82, 2.24) is 34.9 Å². The number of aromatic nitrogens is 7. The van der Waals surface area contributed by atoms with Crippen LogP contribution in [0.15, 0.2) is 41.4 Å². The molecule has 0 aliphatic heterocycles. The van der Waals surface area contributed by atoms with Crippen LogP contribution in [0.2, 0.25) is 0 Å². The number of hydrogen-bond donors (Lipinski definition) is 1. The fourth-order valence-electron chi connectivity index (χ4n) is 4.65. The summed E-state index contributed by atoms with van der Waals surface area (Å²) in [5.41, 5.74) is 2.86. The Morgan fingerprint density at radius 2 is 1.93 bits per heavy atom. The molecule has 1 aliphatic rings. The molecule has 13 nitrogen and oxygen atoms in total. The molecule has 1 saturated carbocycles. The van der Waals surface area contributed by atoms with Gasteiger partial charge in [0.1, 0.15) is 23.3 Å². The van der Waals surface area contributed by atoms with E-state index in [1.54, 1.807) is 48.3 Å². The number of rotatable bonds is 13. The summed E-state index contributed by atoms with van der Waals surface area (Å²) in [6.45, 7) is 7.58. The summed E-state index contributed by atoms with van der Waals surface area (Å²) in [4.78, 5) is 13.3. The van der Waals surface area contributed by atoms with Crippen LogP contribution >= 0.6 is 0 Å². The first-order chi connectivity index (χ1) is 19.7. The molecule has 3 atom stereocenters. The van der Waals surface area contributed by atoms with Crippen molar-refractivity contribution in [3.63, 3.8) is 0 Å². The summed E-state index contributed by atoms with van der Waals surface area (Å²) in [5, 5.41) is 11.7. The molecule has 0 radical (unpaired) electrons. The second kappa shape index (κ2) is 11.9. The molecule has 0 amide bonds. The van der Waals surface area contributed by atoms with Crippen molar-refractivity contribution in [2.45, 2.75) is 64.4 Å². The van der Waals surface area contributed by atoms with Crippen molar-refractivity contribution in [3.8, 4) is 17.4 Å². The predicted octanol–water partition coefficient (Wildman–Crippen LogP) is 4.04. The number of hydrogen-bond acceptors (Lipinski definition) is 11. The molecule has 14 heteroatoms. The van der Waals surface area contributed by atoms with Crippen molar-refractivity contribution in [2.24, 2.45) is 5.92 Å². The van der Waals surface area contributed by atoms with Gasteiger partial charge in [-0.15, -0.1) is 10.2 Å². The first-order valence-electron chi connectivity index (χ1n) is 13.5. The Kier molecular flexibility index (Phi) is 8.31. The van der Waals surface area contributed by atoms with Gasteiger partial charge in [-0.1, -0.05) is 18.1 Å². The molecule has 1 fully saturated rings. The van der Waals surface area contributed by atoms with E-state index in [1.165, 1.54) is 7.11 Å². The Labute approximate surface area is 238 Å². The Bertz CT molecular complexity index is 1580. The number of sulfonamides is 1. The summed E-state index contributed by atoms with van der Waals surface area (Å²) in [7, 11) is -2.56. The number of anilines is 1. The smallest absolute Gasteiger partial charge is 0.240 e. The number of aryl methyl sites for hydroxylation is 2. The van der Waals surface area contributed by atoms with Gasteiger partial charge in [-0.05, 0) is 57.6 Å². The zero-order chi connectivity index (χ0) is 29.1. The Morgan fingerprint density at radius 3 is 2.56 bits per heavy atom. The first-order valence-corrected chi connectivity index (χ1v) is 15.1. The monoisotopic (exact) mass is 582 g/mol. The topological polar surface area (TPSA) is 160 Å². The zero-order valence-electron chi connectivity index (χ0n) is 23.7. The van der Waals surface area contributed by atoms with E-state index in [0.717, 1.165) is 24.0 Å². The number of nitrogens with zero attached hydrogens (tertiary/aromatic N) is 7. The van der Waals surface area contributed by atoms with Crippen LogP contribution in [-0.4, -0.2) is 62.3 Å². The van der Waals surface area contributed by atoms with E-state index in [-0.39, 0.29) is 17.9 Å². The molecular weight excluding hydrogens is 548 g/mol. The first kappa shape index (κ1) is 28.6. The SMILES string of the molecule is CCCO[C@@H](c1ncc(C)cn1)[C@H](C)S(=O)(=O)Nc1nnc(-c2cccc(OC)n2)n1[C@@H](c1conc1C)C1CC1. The highest BCUT2D eigenvalue weighted by Gasteiger charge is 2.41. The van der Waals surface area contributed by atoms with Crippen molar-refractivity contribution in [2.75, 3.05) is 18.4 Å². The van der Waals surface area contributed by atoms with E-state index >= 15 is 0 Å². The Hall–Kier alpha value is -3.91. The van der Waals surface area contributed by atoms with Gasteiger partial charge in [0.05, 0.1) is 18.8 Å². The van der Waals surface area contributed by atoms with Crippen LogP contribution in [0.5, 0.6) is 5.88 Å². The van der Waals surface area contributed by atoms with Crippen LogP contribution in [0, 0.1) is 19.8 Å². The lowest BCUT2D eigenvalue weighted by atomic mass is 10.0. The number of ether oxygens (including phenoxy) is 2. The maximum atomic E-state index is 13.9. The van der Waals surface area contributed by atoms with Crippen LogP contribution in [0.25, 0.3) is 11.5 Å². The van der Waals surface area contributed by atoms with Gasteiger partial charge in [0.25, 0.3) is 0 Å². The third-order valence-corrected chi connectivity index (χ3v) is 8.71. The number of pyridine rings is 1. The minimum atomic E-state index is -4.09. The summed E-state index contributed by atoms with van der Waals surface area (Å²) in [5.74, 6) is 1.32.